The molecule has 0 bridgehead atoms. The van der Waals surface area contributed by atoms with Crippen LogP contribution in [0.2, 0.25) is 0 Å². The summed E-state index contributed by atoms with van der Waals surface area (Å²) in [6.45, 7) is 7.01. The molecule has 0 radical (unpaired) electrons. The fraction of sp³-hybridized carbons (Fsp3) is 0.440. The van der Waals surface area contributed by atoms with Gasteiger partial charge in [0.1, 0.15) is 5.82 Å². The molecule has 0 saturated carbocycles. The van der Waals surface area contributed by atoms with Crippen molar-refractivity contribution >= 4 is 11.8 Å². The summed E-state index contributed by atoms with van der Waals surface area (Å²) >= 11 is 0. The second-order valence-corrected chi connectivity index (χ2v) is 9.23. The van der Waals surface area contributed by atoms with E-state index >= 15 is 0 Å². The average Bonchev–Trinajstić information content (AvgIpc) is 3.08. The monoisotopic (exact) mass is 423 g/mol. The first kappa shape index (κ1) is 21.5. The van der Waals surface area contributed by atoms with Gasteiger partial charge in [-0.05, 0) is 56.9 Å². The molecule has 2 aromatic carbocycles. The summed E-state index contributed by atoms with van der Waals surface area (Å²) in [6, 6.07) is 14.4. The van der Waals surface area contributed by atoms with E-state index in [9.17, 15) is 14.0 Å². The Balaban J connectivity index is 1.62. The molecule has 1 fully saturated rings. The average molecular weight is 424 g/mol. The van der Waals surface area contributed by atoms with Crippen molar-refractivity contribution in [3.05, 3.63) is 71.0 Å². The summed E-state index contributed by atoms with van der Waals surface area (Å²) in [5.41, 5.74) is 1.64. The fourth-order valence-corrected chi connectivity index (χ4v) is 4.99. The minimum atomic E-state index is -0.673. The van der Waals surface area contributed by atoms with Crippen LogP contribution in [0.5, 0.6) is 0 Å². The summed E-state index contributed by atoms with van der Waals surface area (Å²) in [5, 5.41) is 6.23. The van der Waals surface area contributed by atoms with Gasteiger partial charge in [-0.3, -0.25) is 14.5 Å². The second-order valence-electron chi connectivity index (χ2n) is 9.23. The number of nitrogens with zero attached hydrogens (tertiary/aromatic N) is 1. The van der Waals surface area contributed by atoms with Gasteiger partial charge in [0.25, 0.3) is 5.91 Å². The SMILES string of the molecule is CC(C)NC(=O)[C@@H]1CN([C@H](C)Cc2ccccc2F)C[C@]12Cc1ccccc1C(=O)N2. The van der Waals surface area contributed by atoms with Gasteiger partial charge < -0.3 is 10.6 Å². The first-order valence-corrected chi connectivity index (χ1v) is 11.0. The van der Waals surface area contributed by atoms with Crippen molar-refractivity contribution in [1.82, 2.24) is 15.5 Å². The number of halogens is 1. The third-order valence-electron chi connectivity index (χ3n) is 6.54. The van der Waals surface area contributed by atoms with Crippen LogP contribution in [0.25, 0.3) is 0 Å². The molecular weight excluding hydrogens is 393 g/mol. The molecule has 31 heavy (non-hydrogen) atoms. The predicted molar refractivity (Wildman–Crippen MR) is 118 cm³/mol. The number of likely N-dealkylation sites (tertiary alicyclic amines) is 1. The minimum absolute atomic E-state index is 0.0148. The van der Waals surface area contributed by atoms with Crippen molar-refractivity contribution < 1.29 is 14.0 Å². The van der Waals surface area contributed by atoms with Crippen LogP contribution in [0.4, 0.5) is 4.39 Å². The van der Waals surface area contributed by atoms with Crippen molar-refractivity contribution in [3.63, 3.8) is 0 Å². The smallest absolute Gasteiger partial charge is 0.252 e. The summed E-state index contributed by atoms with van der Waals surface area (Å²) in [5.74, 6) is -0.768. The highest BCUT2D eigenvalue weighted by atomic mass is 19.1. The Hall–Kier alpha value is -2.73. The Morgan fingerprint density at radius 2 is 1.90 bits per heavy atom. The molecule has 0 aromatic heterocycles. The summed E-state index contributed by atoms with van der Waals surface area (Å²) in [4.78, 5) is 28.3. The molecule has 0 aliphatic carbocycles. The number of fused-ring (bicyclic) bond motifs is 1. The first-order valence-electron chi connectivity index (χ1n) is 11.0. The van der Waals surface area contributed by atoms with Crippen molar-refractivity contribution in [2.24, 2.45) is 5.92 Å². The van der Waals surface area contributed by atoms with Crippen molar-refractivity contribution in [2.75, 3.05) is 13.1 Å². The number of carbonyl (C=O) groups excluding carboxylic acids is 2. The first-order chi connectivity index (χ1) is 14.8. The minimum Gasteiger partial charge on any atom is -0.354 e. The second kappa shape index (κ2) is 8.42. The summed E-state index contributed by atoms with van der Waals surface area (Å²) in [6.07, 6.45) is 1.15. The number of nitrogens with one attached hydrogen (secondary N) is 2. The van der Waals surface area contributed by atoms with Crippen LogP contribution in [0, 0.1) is 11.7 Å². The molecule has 164 valence electrons. The van der Waals surface area contributed by atoms with Gasteiger partial charge in [0.15, 0.2) is 0 Å². The molecule has 2 amide bonds. The van der Waals surface area contributed by atoms with Gasteiger partial charge in [0.05, 0.1) is 11.5 Å². The van der Waals surface area contributed by atoms with Crippen LogP contribution in [0.3, 0.4) is 0 Å². The maximum atomic E-state index is 14.2. The highest BCUT2D eigenvalue weighted by Crippen LogP contribution is 2.37. The zero-order chi connectivity index (χ0) is 22.2. The van der Waals surface area contributed by atoms with Crippen molar-refractivity contribution in [1.29, 1.82) is 0 Å². The van der Waals surface area contributed by atoms with Crippen molar-refractivity contribution in [2.45, 2.75) is 51.2 Å². The number of rotatable bonds is 5. The Bertz CT molecular complexity index is 992. The molecular formula is C25H30FN3O2. The van der Waals surface area contributed by atoms with Crippen LogP contribution in [0.15, 0.2) is 48.5 Å². The van der Waals surface area contributed by atoms with E-state index in [1.807, 2.05) is 44.2 Å². The van der Waals surface area contributed by atoms with E-state index in [2.05, 4.69) is 22.5 Å². The topological polar surface area (TPSA) is 61.4 Å². The van der Waals surface area contributed by atoms with E-state index < -0.39 is 5.54 Å². The summed E-state index contributed by atoms with van der Waals surface area (Å²) in [7, 11) is 0. The quantitative estimate of drug-likeness (QED) is 0.777. The lowest BCUT2D eigenvalue weighted by Crippen LogP contribution is -2.62. The van der Waals surface area contributed by atoms with Gasteiger partial charge in [-0.1, -0.05) is 36.4 Å². The number of benzene rings is 2. The lowest BCUT2D eigenvalue weighted by atomic mass is 9.77. The van der Waals surface area contributed by atoms with E-state index in [0.717, 1.165) is 5.56 Å². The van der Waals surface area contributed by atoms with Crippen LogP contribution in [-0.2, 0) is 17.6 Å². The standard InChI is InChI=1S/C25H30FN3O2/c1-16(2)27-24(31)21-14-29(17(3)12-18-8-5-7-11-22(18)26)15-25(21)13-19-9-4-6-10-20(19)23(30)28-25/h4-11,16-17,21H,12-15H2,1-3H3,(H,27,31)(H,28,30)/t17-,21+,25-/m1/s1. The molecule has 1 spiro atoms. The molecule has 2 aliphatic heterocycles. The Morgan fingerprint density at radius 3 is 2.65 bits per heavy atom. The molecule has 2 heterocycles. The fourth-order valence-electron chi connectivity index (χ4n) is 4.99. The molecule has 4 rings (SSSR count). The molecule has 0 unspecified atom stereocenters. The normalized spacial score (nSPS) is 24.2. The van der Waals surface area contributed by atoms with Gasteiger partial charge in [-0.25, -0.2) is 4.39 Å². The molecule has 5 nitrogen and oxygen atoms in total. The van der Waals surface area contributed by atoms with Crippen molar-refractivity contribution in [3.8, 4) is 0 Å². The highest BCUT2D eigenvalue weighted by molar-refractivity contribution is 5.98. The summed E-state index contributed by atoms with van der Waals surface area (Å²) < 4.78 is 14.2. The molecule has 1 saturated heterocycles. The van der Waals surface area contributed by atoms with E-state index in [1.165, 1.54) is 6.07 Å². The van der Waals surface area contributed by atoms with Crippen LogP contribution in [0.1, 0.15) is 42.3 Å². The zero-order valence-electron chi connectivity index (χ0n) is 18.3. The van der Waals surface area contributed by atoms with Gasteiger partial charge in [-0.2, -0.15) is 0 Å². The number of hydrogen-bond donors (Lipinski definition) is 2. The third kappa shape index (κ3) is 4.22. The molecule has 2 aliphatic rings. The molecule has 2 aromatic rings. The largest absolute Gasteiger partial charge is 0.354 e. The Morgan fingerprint density at radius 1 is 1.19 bits per heavy atom. The lowest BCUT2D eigenvalue weighted by molar-refractivity contribution is -0.126. The van der Waals surface area contributed by atoms with E-state index in [4.69, 9.17) is 0 Å². The number of hydrogen-bond acceptors (Lipinski definition) is 3. The van der Waals surface area contributed by atoms with E-state index in [1.54, 1.807) is 12.1 Å². The zero-order valence-corrected chi connectivity index (χ0v) is 18.3. The number of carbonyl (C=O) groups is 2. The Kier molecular flexibility index (Phi) is 5.84. The van der Waals surface area contributed by atoms with Crippen LogP contribution >= 0.6 is 0 Å². The van der Waals surface area contributed by atoms with Gasteiger partial charge in [0, 0.05) is 30.7 Å². The highest BCUT2D eigenvalue weighted by Gasteiger charge is 2.53. The lowest BCUT2D eigenvalue weighted by Gasteiger charge is -2.39. The van der Waals surface area contributed by atoms with Crippen LogP contribution in [-0.4, -0.2) is 47.4 Å². The van der Waals surface area contributed by atoms with Gasteiger partial charge >= 0.3 is 0 Å². The van der Waals surface area contributed by atoms with E-state index in [0.29, 0.717) is 37.1 Å². The molecule has 2 N–H and O–H groups in total. The van der Waals surface area contributed by atoms with Gasteiger partial charge in [-0.15, -0.1) is 0 Å². The molecule has 3 atom stereocenters. The predicted octanol–water partition coefficient (Wildman–Crippen LogP) is 2.94. The van der Waals surface area contributed by atoms with Crippen LogP contribution < -0.4 is 10.6 Å². The number of amides is 2. The van der Waals surface area contributed by atoms with Gasteiger partial charge in [0.2, 0.25) is 5.91 Å². The maximum absolute atomic E-state index is 14.2. The van der Waals surface area contributed by atoms with E-state index in [-0.39, 0.29) is 35.6 Å². The molecule has 6 heteroatoms. The maximum Gasteiger partial charge on any atom is 0.252 e. The Labute approximate surface area is 183 Å². The third-order valence-corrected chi connectivity index (χ3v) is 6.54.